The molecule has 2 aromatic rings. The molecule has 3 N–H and O–H groups in total. The third-order valence-electron chi connectivity index (χ3n) is 2.49. The summed E-state index contributed by atoms with van der Waals surface area (Å²) in [5.74, 6) is 0.797. The van der Waals surface area contributed by atoms with Gasteiger partial charge in [0, 0.05) is 5.69 Å². The number of aliphatic hydroxyl groups excluding tert-OH is 1. The Morgan fingerprint density at radius 1 is 0.882 bits per heavy atom. The summed E-state index contributed by atoms with van der Waals surface area (Å²) in [5.41, 5.74) is 8.29. The number of rotatable bonds is 4. The normalized spacial score (nSPS) is 10.2. The summed E-state index contributed by atoms with van der Waals surface area (Å²) >= 11 is 0. The van der Waals surface area contributed by atoms with E-state index in [1.54, 1.807) is 0 Å². The molecule has 0 saturated heterocycles. The van der Waals surface area contributed by atoms with Crippen molar-refractivity contribution in [2.45, 2.75) is 13.2 Å². The van der Waals surface area contributed by atoms with E-state index in [4.69, 9.17) is 15.6 Å². The first-order valence-corrected chi connectivity index (χ1v) is 5.45. The molecular formula is C14H15NO2. The smallest absolute Gasteiger partial charge is 0.119 e. The molecule has 0 aliphatic carbocycles. The van der Waals surface area contributed by atoms with E-state index >= 15 is 0 Å². The minimum Gasteiger partial charge on any atom is -0.489 e. The van der Waals surface area contributed by atoms with Gasteiger partial charge in [0.05, 0.1) is 6.61 Å². The number of benzene rings is 2. The summed E-state index contributed by atoms with van der Waals surface area (Å²) in [6.07, 6.45) is 0. The van der Waals surface area contributed by atoms with Crippen molar-refractivity contribution in [3.8, 4) is 5.75 Å². The minimum atomic E-state index is 0.0686. The van der Waals surface area contributed by atoms with Crippen molar-refractivity contribution in [3.05, 3.63) is 59.7 Å². The molecule has 0 aliphatic heterocycles. The maximum Gasteiger partial charge on any atom is 0.119 e. The fourth-order valence-corrected chi connectivity index (χ4v) is 1.47. The van der Waals surface area contributed by atoms with Crippen LogP contribution in [0.1, 0.15) is 11.1 Å². The van der Waals surface area contributed by atoms with Crippen molar-refractivity contribution in [1.82, 2.24) is 0 Å². The van der Waals surface area contributed by atoms with E-state index < -0.39 is 0 Å². The Morgan fingerprint density at radius 3 is 2.06 bits per heavy atom. The van der Waals surface area contributed by atoms with E-state index in [1.165, 1.54) is 0 Å². The van der Waals surface area contributed by atoms with Crippen molar-refractivity contribution >= 4 is 5.69 Å². The number of hydrogen-bond donors (Lipinski definition) is 2. The lowest BCUT2D eigenvalue weighted by molar-refractivity contribution is 0.281. The summed E-state index contributed by atoms with van der Waals surface area (Å²) in [6, 6.07) is 15.0. The first-order chi connectivity index (χ1) is 8.28. The van der Waals surface area contributed by atoms with Gasteiger partial charge >= 0.3 is 0 Å². The van der Waals surface area contributed by atoms with Crippen molar-refractivity contribution in [2.24, 2.45) is 0 Å². The van der Waals surface area contributed by atoms with E-state index in [-0.39, 0.29) is 6.61 Å². The van der Waals surface area contributed by atoms with Crippen LogP contribution < -0.4 is 10.5 Å². The van der Waals surface area contributed by atoms with Crippen molar-refractivity contribution in [2.75, 3.05) is 5.73 Å². The molecule has 0 aliphatic rings. The molecule has 0 bridgehead atoms. The monoisotopic (exact) mass is 229 g/mol. The molecule has 0 radical (unpaired) electrons. The molecule has 0 heterocycles. The van der Waals surface area contributed by atoms with Gasteiger partial charge in [-0.1, -0.05) is 24.3 Å². The molecule has 0 saturated carbocycles. The minimum absolute atomic E-state index is 0.0686. The molecule has 17 heavy (non-hydrogen) atoms. The molecule has 0 amide bonds. The summed E-state index contributed by atoms with van der Waals surface area (Å²) in [6.45, 7) is 0.578. The van der Waals surface area contributed by atoms with Crippen LogP contribution in [0.5, 0.6) is 5.75 Å². The molecule has 3 nitrogen and oxygen atoms in total. The van der Waals surface area contributed by atoms with Crippen LogP contribution in [-0.4, -0.2) is 5.11 Å². The SMILES string of the molecule is Nc1ccc(OCc2ccc(CO)cc2)cc1. The van der Waals surface area contributed by atoms with Crippen LogP contribution in [0.15, 0.2) is 48.5 Å². The molecular weight excluding hydrogens is 214 g/mol. The van der Waals surface area contributed by atoms with Gasteiger partial charge in [-0.05, 0) is 35.4 Å². The molecule has 3 heteroatoms. The van der Waals surface area contributed by atoms with Crippen LogP contribution in [-0.2, 0) is 13.2 Å². The molecule has 0 spiro atoms. The summed E-state index contributed by atoms with van der Waals surface area (Å²) < 4.78 is 5.60. The van der Waals surface area contributed by atoms with E-state index in [9.17, 15) is 0 Å². The quantitative estimate of drug-likeness (QED) is 0.791. The highest BCUT2D eigenvalue weighted by atomic mass is 16.5. The van der Waals surface area contributed by atoms with E-state index in [0.29, 0.717) is 6.61 Å². The van der Waals surface area contributed by atoms with Gasteiger partial charge in [-0.2, -0.15) is 0 Å². The zero-order valence-corrected chi connectivity index (χ0v) is 9.47. The van der Waals surface area contributed by atoms with Gasteiger partial charge in [0.25, 0.3) is 0 Å². The van der Waals surface area contributed by atoms with E-state index in [2.05, 4.69) is 0 Å². The molecule has 88 valence electrons. The highest BCUT2D eigenvalue weighted by Crippen LogP contribution is 2.15. The summed E-state index contributed by atoms with van der Waals surface area (Å²) in [4.78, 5) is 0. The van der Waals surface area contributed by atoms with Crippen LogP contribution in [0.25, 0.3) is 0 Å². The van der Waals surface area contributed by atoms with Crippen LogP contribution >= 0.6 is 0 Å². The third kappa shape index (κ3) is 3.23. The number of ether oxygens (including phenoxy) is 1. The van der Waals surface area contributed by atoms with Crippen LogP contribution in [0.4, 0.5) is 5.69 Å². The number of nitrogens with two attached hydrogens (primary N) is 1. The Bertz CT molecular complexity index is 463. The maximum absolute atomic E-state index is 8.92. The second-order valence-electron chi connectivity index (χ2n) is 3.83. The molecule has 0 fully saturated rings. The average molecular weight is 229 g/mol. The van der Waals surface area contributed by atoms with Crippen molar-refractivity contribution in [3.63, 3.8) is 0 Å². The highest BCUT2D eigenvalue weighted by Gasteiger charge is 1.96. The predicted octanol–water partition coefficient (Wildman–Crippen LogP) is 2.34. The Morgan fingerprint density at radius 2 is 1.47 bits per heavy atom. The van der Waals surface area contributed by atoms with Gasteiger partial charge in [0.2, 0.25) is 0 Å². The number of anilines is 1. The zero-order valence-electron chi connectivity index (χ0n) is 9.47. The first-order valence-electron chi connectivity index (χ1n) is 5.45. The van der Waals surface area contributed by atoms with E-state index in [1.807, 2.05) is 48.5 Å². The fourth-order valence-electron chi connectivity index (χ4n) is 1.47. The lowest BCUT2D eigenvalue weighted by Gasteiger charge is -2.07. The van der Waals surface area contributed by atoms with Gasteiger partial charge in [-0.25, -0.2) is 0 Å². The standard InChI is InChI=1S/C14H15NO2/c15-13-5-7-14(8-6-13)17-10-12-3-1-11(9-16)2-4-12/h1-8,16H,9-10,15H2. The molecule has 0 atom stereocenters. The Kier molecular flexibility index (Phi) is 3.62. The largest absolute Gasteiger partial charge is 0.489 e. The van der Waals surface area contributed by atoms with Crippen LogP contribution in [0.2, 0.25) is 0 Å². The lowest BCUT2D eigenvalue weighted by atomic mass is 10.1. The maximum atomic E-state index is 8.92. The number of nitrogen functional groups attached to an aromatic ring is 1. The third-order valence-corrected chi connectivity index (χ3v) is 2.49. The molecule has 2 rings (SSSR count). The van der Waals surface area contributed by atoms with Crippen molar-refractivity contribution < 1.29 is 9.84 Å². The lowest BCUT2D eigenvalue weighted by Crippen LogP contribution is -1.96. The second kappa shape index (κ2) is 5.37. The van der Waals surface area contributed by atoms with Gasteiger partial charge < -0.3 is 15.6 Å². The number of hydrogen-bond acceptors (Lipinski definition) is 3. The van der Waals surface area contributed by atoms with Gasteiger partial charge in [0.15, 0.2) is 0 Å². The van der Waals surface area contributed by atoms with E-state index in [0.717, 1.165) is 22.6 Å². The zero-order chi connectivity index (χ0) is 12.1. The Balaban J connectivity index is 1.95. The van der Waals surface area contributed by atoms with Crippen LogP contribution in [0.3, 0.4) is 0 Å². The van der Waals surface area contributed by atoms with Gasteiger partial charge in [0.1, 0.15) is 12.4 Å². The predicted molar refractivity (Wildman–Crippen MR) is 67.6 cm³/mol. The summed E-state index contributed by atoms with van der Waals surface area (Å²) in [7, 11) is 0. The van der Waals surface area contributed by atoms with Crippen LogP contribution in [0, 0.1) is 0 Å². The average Bonchev–Trinajstić information content (AvgIpc) is 2.39. The topological polar surface area (TPSA) is 55.5 Å². The molecule has 0 aromatic heterocycles. The highest BCUT2D eigenvalue weighted by molar-refractivity contribution is 5.41. The molecule has 0 unspecified atom stereocenters. The Labute approximate surface area is 100 Å². The second-order valence-corrected chi connectivity index (χ2v) is 3.83. The first kappa shape index (κ1) is 11.5. The molecule has 2 aromatic carbocycles. The number of aliphatic hydroxyl groups is 1. The Hall–Kier alpha value is -2.00. The fraction of sp³-hybridized carbons (Fsp3) is 0.143. The van der Waals surface area contributed by atoms with Gasteiger partial charge in [-0.3, -0.25) is 0 Å². The van der Waals surface area contributed by atoms with Gasteiger partial charge in [-0.15, -0.1) is 0 Å². The summed E-state index contributed by atoms with van der Waals surface area (Å²) in [5, 5.41) is 8.92. The van der Waals surface area contributed by atoms with Crippen molar-refractivity contribution in [1.29, 1.82) is 0 Å².